The van der Waals surface area contributed by atoms with E-state index in [1.54, 1.807) is 25.2 Å². The summed E-state index contributed by atoms with van der Waals surface area (Å²) >= 11 is 0. The summed E-state index contributed by atoms with van der Waals surface area (Å²) in [7, 11) is 1.68. The van der Waals surface area contributed by atoms with Crippen molar-refractivity contribution in [2.24, 2.45) is 5.73 Å². The number of hydrogen-bond donors (Lipinski definition) is 2. The van der Waals surface area contributed by atoms with Crippen LogP contribution in [0.1, 0.15) is 21.5 Å². The number of nitrogens with two attached hydrogens (primary N) is 1. The summed E-state index contributed by atoms with van der Waals surface area (Å²) in [6.07, 6.45) is 0. The van der Waals surface area contributed by atoms with Crippen LogP contribution in [0.4, 0.5) is 10.5 Å². The number of anilines is 1. The van der Waals surface area contributed by atoms with Crippen LogP contribution >= 0.6 is 0 Å². The largest absolute Gasteiger partial charge is 0.492 e. The highest BCUT2D eigenvalue weighted by molar-refractivity contribution is 5.96. The second-order valence-electron chi connectivity index (χ2n) is 5.91. The summed E-state index contributed by atoms with van der Waals surface area (Å²) in [6, 6.07) is 12.4. The van der Waals surface area contributed by atoms with Gasteiger partial charge < -0.3 is 20.7 Å². The highest BCUT2D eigenvalue weighted by atomic mass is 16.5. The smallest absolute Gasteiger partial charge is 0.321 e. The Morgan fingerprint density at radius 1 is 1.12 bits per heavy atom. The van der Waals surface area contributed by atoms with Gasteiger partial charge in [-0.2, -0.15) is 0 Å². The number of carbonyl (C=O) groups excluding carboxylic acids is 2. The second kappa shape index (κ2) is 8.19. The number of hydrogen-bond acceptors (Lipinski definition) is 3. The number of aryl methyl sites for hydroxylation is 2. The number of nitrogens with one attached hydrogen (secondary N) is 1. The highest BCUT2D eigenvalue weighted by Crippen LogP contribution is 2.17. The van der Waals surface area contributed by atoms with Gasteiger partial charge in [0.15, 0.2) is 0 Å². The van der Waals surface area contributed by atoms with Crippen LogP contribution in [-0.4, -0.2) is 37.0 Å². The van der Waals surface area contributed by atoms with Gasteiger partial charge >= 0.3 is 6.03 Å². The number of urea groups is 1. The van der Waals surface area contributed by atoms with Crippen molar-refractivity contribution in [3.05, 3.63) is 59.2 Å². The molecule has 132 valence electrons. The average molecular weight is 341 g/mol. The zero-order valence-electron chi connectivity index (χ0n) is 14.7. The predicted molar refractivity (Wildman–Crippen MR) is 98.0 cm³/mol. The number of primary amides is 1. The lowest BCUT2D eigenvalue weighted by molar-refractivity contribution is 0.1000. The van der Waals surface area contributed by atoms with E-state index in [9.17, 15) is 9.59 Å². The van der Waals surface area contributed by atoms with Gasteiger partial charge in [-0.1, -0.05) is 23.8 Å². The molecule has 0 heterocycles. The normalized spacial score (nSPS) is 10.2. The molecule has 2 aromatic carbocycles. The van der Waals surface area contributed by atoms with Crippen molar-refractivity contribution in [1.29, 1.82) is 0 Å². The molecule has 0 aliphatic rings. The maximum atomic E-state index is 12.3. The van der Waals surface area contributed by atoms with Crippen LogP contribution in [0.5, 0.6) is 5.75 Å². The molecule has 6 nitrogen and oxygen atoms in total. The Balaban J connectivity index is 1.88. The van der Waals surface area contributed by atoms with E-state index >= 15 is 0 Å². The van der Waals surface area contributed by atoms with Crippen LogP contribution in [0.25, 0.3) is 0 Å². The van der Waals surface area contributed by atoms with Gasteiger partial charge in [-0.15, -0.1) is 0 Å². The molecule has 0 saturated heterocycles. The van der Waals surface area contributed by atoms with Gasteiger partial charge in [-0.3, -0.25) is 4.79 Å². The monoisotopic (exact) mass is 341 g/mol. The van der Waals surface area contributed by atoms with Crippen molar-refractivity contribution >= 4 is 17.6 Å². The summed E-state index contributed by atoms with van der Waals surface area (Å²) in [6.45, 7) is 4.67. The number of ether oxygens (including phenoxy) is 1. The molecule has 2 aromatic rings. The van der Waals surface area contributed by atoms with Gasteiger partial charge in [-0.05, 0) is 43.7 Å². The van der Waals surface area contributed by atoms with Crippen LogP contribution < -0.4 is 15.8 Å². The SMILES string of the molecule is Cc1ccc(OCCN(C)C(=O)Nc2cc(C(N)=O)ccc2C)cc1. The molecule has 3 N–H and O–H groups in total. The molecule has 25 heavy (non-hydrogen) atoms. The van der Waals surface area contributed by atoms with Crippen molar-refractivity contribution in [3.8, 4) is 5.75 Å². The highest BCUT2D eigenvalue weighted by Gasteiger charge is 2.12. The number of amides is 3. The lowest BCUT2D eigenvalue weighted by Crippen LogP contribution is -2.34. The number of benzene rings is 2. The minimum atomic E-state index is -0.532. The van der Waals surface area contributed by atoms with Crippen LogP contribution in [0, 0.1) is 13.8 Å². The van der Waals surface area contributed by atoms with E-state index in [4.69, 9.17) is 10.5 Å². The minimum absolute atomic E-state index is 0.280. The van der Waals surface area contributed by atoms with Crippen molar-refractivity contribution in [1.82, 2.24) is 4.90 Å². The Morgan fingerprint density at radius 3 is 2.44 bits per heavy atom. The quantitative estimate of drug-likeness (QED) is 0.847. The Bertz CT molecular complexity index is 757. The third kappa shape index (κ3) is 5.24. The molecule has 0 aromatic heterocycles. The first-order chi connectivity index (χ1) is 11.9. The van der Waals surface area contributed by atoms with E-state index < -0.39 is 5.91 Å². The van der Waals surface area contributed by atoms with Crippen molar-refractivity contribution in [2.75, 3.05) is 25.5 Å². The molecule has 0 fully saturated rings. The molecule has 6 heteroatoms. The van der Waals surface area contributed by atoms with Crippen molar-refractivity contribution in [3.63, 3.8) is 0 Å². The minimum Gasteiger partial charge on any atom is -0.492 e. The molecule has 0 saturated carbocycles. The fourth-order valence-electron chi connectivity index (χ4n) is 2.16. The van der Waals surface area contributed by atoms with Crippen LogP contribution in [0.2, 0.25) is 0 Å². The molecule has 2 rings (SSSR count). The number of rotatable bonds is 6. The summed E-state index contributed by atoms with van der Waals surface area (Å²) in [4.78, 5) is 25.1. The lowest BCUT2D eigenvalue weighted by atomic mass is 10.1. The second-order valence-corrected chi connectivity index (χ2v) is 5.91. The Morgan fingerprint density at radius 2 is 1.80 bits per heavy atom. The summed E-state index contributed by atoms with van der Waals surface area (Å²) in [5.41, 5.74) is 8.20. The lowest BCUT2D eigenvalue weighted by Gasteiger charge is -2.19. The zero-order valence-corrected chi connectivity index (χ0v) is 14.7. The van der Waals surface area contributed by atoms with Gasteiger partial charge in [0.1, 0.15) is 12.4 Å². The van der Waals surface area contributed by atoms with Crippen LogP contribution in [0.15, 0.2) is 42.5 Å². The molecule has 0 bridgehead atoms. The number of nitrogens with zero attached hydrogens (tertiary/aromatic N) is 1. The fourth-order valence-corrected chi connectivity index (χ4v) is 2.16. The molecule has 3 amide bonds. The topological polar surface area (TPSA) is 84.7 Å². The summed E-state index contributed by atoms with van der Waals surface area (Å²) in [5, 5.41) is 2.79. The standard InChI is InChI=1S/C19H23N3O3/c1-13-4-8-16(9-5-13)25-11-10-22(3)19(24)21-17-12-15(18(20)23)7-6-14(17)2/h4-9,12H,10-11H2,1-3H3,(H2,20,23)(H,21,24). The molecule has 0 radical (unpaired) electrons. The van der Waals surface area contributed by atoms with Crippen LogP contribution in [-0.2, 0) is 0 Å². The molecule has 0 aliphatic carbocycles. The van der Waals surface area contributed by atoms with E-state index in [1.165, 1.54) is 4.90 Å². The molecule has 0 atom stereocenters. The third-order valence-corrected chi connectivity index (χ3v) is 3.83. The maximum Gasteiger partial charge on any atom is 0.321 e. The summed E-state index contributed by atoms with van der Waals surface area (Å²) in [5.74, 6) is 0.236. The van der Waals surface area contributed by atoms with E-state index in [-0.39, 0.29) is 6.03 Å². The van der Waals surface area contributed by atoms with E-state index in [0.29, 0.717) is 24.4 Å². The van der Waals surface area contributed by atoms with Crippen LogP contribution in [0.3, 0.4) is 0 Å². The molecular weight excluding hydrogens is 318 g/mol. The average Bonchev–Trinajstić information content (AvgIpc) is 2.58. The fraction of sp³-hybridized carbons (Fsp3) is 0.263. The van der Waals surface area contributed by atoms with Gasteiger partial charge in [0.25, 0.3) is 0 Å². The van der Waals surface area contributed by atoms with E-state index in [1.807, 2.05) is 38.1 Å². The molecular formula is C19H23N3O3. The number of carbonyl (C=O) groups is 2. The molecule has 0 aliphatic heterocycles. The predicted octanol–water partition coefficient (Wildman–Crippen LogP) is 2.95. The van der Waals surface area contributed by atoms with E-state index in [0.717, 1.165) is 16.9 Å². The Hall–Kier alpha value is -3.02. The van der Waals surface area contributed by atoms with Gasteiger partial charge in [0.05, 0.1) is 6.54 Å². The summed E-state index contributed by atoms with van der Waals surface area (Å²) < 4.78 is 5.62. The zero-order chi connectivity index (χ0) is 18.4. The molecule has 0 unspecified atom stereocenters. The first kappa shape index (κ1) is 18.3. The van der Waals surface area contributed by atoms with Crippen molar-refractivity contribution < 1.29 is 14.3 Å². The van der Waals surface area contributed by atoms with Gasteiger partial charge in [-0.25, -0.2) is 4.79 Å². The number of likely N-dealkylation sites (N-methyl/N-ethyl adjacent to an activating group) is 1. The van der Waals surface area contributed by atoms with Gasteiger partial charge in [0, 0.05) is 18.3 Å². The molecule has 0 spiro atoms. The van der Waals surface area contributed by atoms with Crippen molar-refractivity contribution in [2.45, 2.75) is 13.8 Å². The maximum absolute atomic E-state index is 12.3. The first-order valence-electron chi connectivity index (χ1n) is 7.99. The third-order valence-electron chi connectivity index (χ3n) is 3.83. The van der Waals surface area contributed by atoms with E-state index in [2.05, 4.69) is 5.32 Å². The van der Waals surface area contributed by atoms with Gasteiger partial charge in [0.2, 0.25) is 5.91 Å². The Kier molecular flexibility index (Phi) is 6.00. The Labute approximate surface area is 147 Å². The first-order valence-corrected chi connectivity index (χ1v) is 7.99.